The number of hydrogen-bond donors (Lipinski definition) is 4. The van der Waals surface area contributed by atoms with E-state index in [1.807, 2.05) is 0 Å². The third kappa shape index (κ3) is 6.95. The predicted molar refractivity (Wildman–Crippen MR) is 98.0 cm³/mol. The van der Waals surface area contributed by atoms with Gasteiger partial charge in [-0.3, -0.25) is 14.4 Å². The zero-order valence-electron chi connectivity index (χ0n) is 17.1. The molecule has 0 spiro atoms. The van der Waals surface area contributed by atoms with E-state index in [0.29, 0.717) is 0 Å². The van der Waals surface area contributed by atoms with Gasteiger partial charge < -0.3 is 39.8 Å². The van der Waals surface area contributed by atoms with Crippen LogP contribution in [0.3, 0.4) is 0 Å². The first kappa shape index (κ1) is 26.2. The molecule has 2 rings (SSSR count). The summed E-state index contributed by atoms with van der Waals surface area (Å²) in [6.45, 7) is 1.31. The van der Waals surface area contributed by atoms with Crippen LogP contribution in [0.1, 0.15) is 6.92 Å². The van der Waals surface area contributed by atoms with Gasteiger partial charge in [-0.1, -0.05) is 0 Å². The summed E-state index contributed by atoms with van der Waals surface area (Å²) >= 11 is 0. The molecule has 2 aliphatic rings. The van der Waals surface area contributed by atoms with Gasteiger partial charge in [0, 0.05) is 12.6 Å². The van der Waals surface area contributed by atoms with Crippen LogP contribution in [-0.2, 0) is 33.3 Å². The van der Waals surface area contributed by atoms with Gasteiger partial charge in [-0.25, -0.2) is 0 Å². The molecule has 0 unspecified atom stereocenters. The highest BCUT2D eigenvalue weighted by Crippen LogP contribution is 2.37. The number of carbonyl (C=O) groups is 3. The second kappa shape index (κ2) is 11.2. The highest BCUT2D eigenvalue weighted by atomic mass is 19.4. The molecule has 0 aromatic carbocycles. The number of allylic oxidation sites excluding steroid dienone is 1. The molecule has 182 valence electrons. The summed E-state index contributed by atoms with van der Waals surface area (Å²) in [5.41, 5.74) is -1.51. The topological polar surface area (TPSA) is 153 Å². The van der Waals surface area contributed by atoms with Crippen molar-refractivity contribution < 1.29 is 56.7 Å². The number of carbonyl (C=O) groups excluding carboxylic acids is 3. The number of aliphatic hydroxyl groups excluding tert-OH is 2. The Kier molecular flexibility index (Phi) is 9.12. The molecule has 5 atom stereocenters. The number of alkyl halides is 3. The van der Waals surface area contributed by atoms with Gasteiger partial charge in [0.2, 0.25) is 5.91 Å². The average molecular weight is 470 g/mol. The van der Waals surface area contributed by atoms with Crippen molar-refractivity contribution >= 4 is 17.6 Å². The maximum Gasteiger partial charge on any atom is 0.471 e. The van der Waals surface area contributed by atoms with Crippen LogP contribution in [0.15, 0.2) is 12.2 Å². The number of ether oxygens (including phenoxy) is 4. The van der Waals surface area contributed by atoms with Gasteiger partial charge >= 0.3 is 12.1 Å². The van der Waals surface area contributed by atoms with Crippen LogP contribution in [0.2, 0.25) is 0 Å². The lowest BCUT2D eigenvalue weighted by Gasteiger charge is -2.42. The van der Waals surface area contributed by atoms with Crippen LogP contribution < -0.4 is 10.6 Å². The highest BCUT2D eigenvalue weighted by Gasteiger charge is 2.60. The number of ketones is 1. The van der Waals surface area contributed by atoms with Gasteiger partial charge in [-0.05, 0) is 13.0 Å². The maximum atomic E-state index is 12.5. The second-order valence-electron chi connectivity index (χ2n) is 7.19. The Balaban J connectivity index is 1.69. The van der Waals surface area contributed by atoms with E-state index in [4.69, 9.17) is 18.9 Å². The SMILES string of the molecule is CC(=O)/C=C/C(=O)NCCOCCOC[C@@]12CO[C@@H](O1)[C@@H](NC(=O)C(F)(F)F)[C@@H](O)[C@H]2O. The van der Waals surface area contributed by atoms with E-state index in [2.05, 4.69) is 5.32 Å². The fourth-order valence-electron chi connectivity index (χ4n) is 3.03. The average Bonchev–Trinajstić information content (AvgIpc) is 3.11. The number of aliphatic hydroxyl groups is 2. The van der Waals surface area contributed by atoms with Gasteiger partial charge in [0.1, 0.15) is 23.9 Å². The molecule has 2 heterocycles. The summed E-state index contributed by atoms with van der Waals surface area (Å²) < 4.78 is 58.7. The minimum atomic E-state index is -5.17. The monoisotopic (exact) mass is 470 g/mol. The largest absolute Gasteiger partial charge is 0.471 e. The van der Waals surface area contributed by atoms with Crippen LogP contribution in [0.5, 0.6) is 0 Å². The smallest absolute Gasteiger partial charge is 0.388 e. The Morgan fingerprint density at radius 3 is 2.50 bits per heavy atom. The summed E-state index contributed by atoms with van der Waals surface area (Å²) in [6.07, 6.45) is -7.78. The van der Waals surface area contributed by atoms with Crippen LogP contribution in [0, 0.1) is 0 Å². The van der Waals surface area contributed by atoms with E-state index in [1.54, 1.807) is 5.32 Å². The van der Waals surface area contributed by atoms with E-state index in [-0.39, 0.29) is 45.4 Å². The molecule has 2 saturated heterocycles. The van der Waals surface area contributed by atoms with Crippen molar-refractivity contribution in [2.45, 2.75) is 43.2 Å². The number of rotatable bonds is 11. The number of nitrogens with one attached hydrogen (secondary N) is 2. The fraction of sp³-hybridized carbons (Fsp3) is 0.722. The Morgan fingerprint density at radius 2 is 1.84 bits per heavy atom. The lowest BCUT2D eigenvalue weighted by Crippen LogP contribution is -2.67. The summed E-state index contributed by atoms with van der Waals surface area (Å²) in [7, 11) is 0. The van der Waals surface area contributed by atoms with Gasteiger partial charge in [0.05, 0.1) is 33.0 Å². The highest BCUT2D eigenvalue weighted by molar-refractivity contribution is 5.96. The summed E-state index contributed by atoms with van der Waals surface area (Å²) in [6, 6.07) is -1.61. The minimum Gasteiger partial charge on any atom is -0.388 e. The lowest BCUT2D eigenvalue weighted by molar-refractivity contribution is -0.240. The van der Waals surface area contributed by atoms with Crippen LogP contribution in [0.4, 0.5) is 13.2 Å². The minimum absolute atomic E-state index is 0.0466. The number of hydrogen-bond acceptors (Lipinski definition) is 9. The fourth-order valence-corrected chi connectivity index (χ4v) is 3.03. The Labute approximate surface area is 180 Å². The van der Waals surface area contributed by atoms with Crippen molar-refractivity contribution in [1.29, 1.82) is 0 Å². The quantitative estimate of drug-likeness (QED) is 0.202. The first-order valence-electron chi connectivity index (χ1n) is 9.61. The molecule has 2 bridgehead atoms. The van der Waals surface area contributed by atoms with Crippen molar-refractivity contribution in [2.24, 2.45) is 0 Å². The normalized spacial score (nSPS) is 29.8. The van der Waals surface area contributed by atoms with E-state index in [1.165, 1.54) is 6.92 Å². The summed E-state index contributed by atoms with van der Waals surface area (Å²) in [4.78, 5) is 33.2. The summed E-state index contributed by atoms with van der Waals surface area (Å²) in [5.74, 6) is -2.99. The van der Waals surface area contributed by atoms with E-state index in [9.17, 15) is 37.8 Å². The van der Waals surface area contributed by atoms with Gasteiger partial charge in [-0.2, -0.15) is 13.2 Å². The van der Waals surface area contributed by atoms with Crippen molar-refractivity contribution in [3.63, 3.8) is 0 Å². The third-order valence-electron chi connectivity index (χ3n) is 4.66. The maximum absolute atomic E-state index is 12.5. The van der Waals surface area contributed by atoms with E-state index < -0.39 is 48.1 Å². The molecule has 14 heteroatoms. The molecule has 0 saturated carbocycles. The van der Waals surface area contributed by atoms with Gasteiger partial charge in [0.15, 0.2) is 12.1 Å². The van der Waals surface area contributed by atoms with Crippen molar-refractivity contribution in [3.8, 4) is 0 Å². The van der Waals surface area contributed by atoms with Crippen molar-refractivity contribution in [1.82, 2.24) is 10.6 Å². The third-order valence-corrected chi connectivity index (χ3v) is 4.66. The van der Waals surface area contributed by atoms with Crippen LogP contribution in [0.25, 0.3) is 0 Å². The molecular weight excluding hydrogens is 445 g/mol. The molecule has 0 aliphatic carbocycles. The van der Waals surface area contributed by atoms with Crippen molar-refractivity contribution in [3.05, 3.63) is 12.2 Å². The first-order valence-corrected chi connectivity index (χ1v) is 9.61. The molecular formula is C18H25F3N2O9. The van der Waals surface area contributed by atoms with Gasteiger partial charge in [0.25, 0.3) is 0 Å². The Morgan fingerprint density at radius 1 is 1.16 bits per heavy atom. The first-order chi connectivity index (χ1) is 15.0. The van der Waals surface area contributed by atoms with Crippen molar-refractivity contribution in [2.75, 3.05) is 39.6 Å². The molecule has 2 fully saturated rings. The number of halogens is 3. The molecule has 2 aliphatic heterocycles. The molecule has 0 aromatic rings. The number of fused-ring (bicyclic) bond motifs is 2. The number of amides is 2. The predicted octanol–water partition coefficient (Wildman–Crippen LogP) is -1.82. The van der Waals surface area contributed by atoms with E-state index >= 15 is 0 Å². The Hall–Kier alpha value is -2.10. The summed E-state index contributed by atoms with van der Waals surface area (Å²) in [5, 5.41) is 24.6. The second-order valence-corrected chi connectivity index (χ2v) is 7.19. The van der Waals surface area contributed by atoms with E-state index in [0.717, 1.165) is 12.2 Å². The lowest BCUT2D eigenvalue weighted by atomic mass is 9.88. The molecule has 32 heavy (non-hydrogen) atoms. The molecule has 0 aromatic heterocycles. The standard InChI is InChI=1S/C18H25F3N2O9/c1-10(24)2-3-11(25)22-4-5-29-6-7-30-8-17-9-31-15(32-17)12(13(26)14(17)27)23-16(28)18(19,20)21/h2-3,12-15,26-27H,4-9H2,1H3,(H,22,25)(H,23,28)/b3-2+/t12-,13+,14+,15-,17-/m0/s1. The van der Waals surface area contributed by atoms with Crippen LogP contribution >= 0.6 is 0 Å². The molecule has 11 nitrogen and oxygen atoms in total. The molecule has 2 amide bonds. The molecule has 4 N–H and O–H groups in total. The molecule has 0 radical (unpaired) electrons. The van der Waals surface area contributed by atoms with Gasteiger partial charge in [-0.15, -0.1) is 0 Å². The zero-order chi connectivity index (χ0) is 23.9. The Bertz CT molecular complexity index is 718. The zero-order valence-corrected chi connectivity index (χ0v) is 17.1. The van der Waals surface area contributed by atoms with Crippen LogP contribution in [-0.4, -0.2) is 104 Å².